The van der Waals surface area contributed by atoms with Gasteiger partial charge in [-0.2, -0.15) is 0 Å². The van der Waals surface area contributed by atoms with Crippen LogP contribution in [0.1, 0.15) is 67.3 Å². The third-order valence-corrected chi connectivity index (χ3v) is 13.0. The van der Waals surface area contributed by atoms with Gasteiger partial charge in [0.05, 0.1) is 33.6 Å². The van der Waals surface area contributed by atoms with Gasteiger partial charge < -0.3 is 0 Å². The maximum absolute atomic E-state index is 5.13. The van der Waals surface area contributed by atoms with Crippen LogP contribution in [0.5, 0.6) is 0 Å². The summed E-state index contributed by atoms with van der Waals surface area (Å²) in [6.45, 7) is 0. The fourth-order valence-electron chi connectivity index (χ4n) is 10.5. The van der Waals surface area contributed by atoms with Crippen molar-refractivity contribution in [3.63, 3.8) is 0 Å². The molecule has 308 valence electrons. The molecule has 10 aromatic rings. The van der Waals surface area contributed by atoms with Crippen LogP contribution in [-0.4, -0.2) is 19.9 Å². The maximum atomic E-state index is 5.13. The Bertz CT molecular complexity index is 3070. The van der Waals surface area contributed by atoms with Crippen LogP contribution < -0.4 is 0 Å². The summed E-state index contributed by atoms with van der Waals surface area (Å²) in [4.78, 5) is 20.3. The number of rotatable bonds is 8. The van der Waals surface area contributed by atoms with Gasteiger partial charge in [-0.3, -0.25) is 19.9 Å². The molecule has 0 saturated heterocycles. The molecule has 0 atom stereocenters. The van der Waals surface area contributed by atoms with Crippen LogP contribution in [0.4, 0.5) is 0 Å². The predicted molar refractivity (Wildman–Crippen MR) is 254 cm³/mol. The Labute approximate surface area is 393 Å². The summed E-state index contributed by atoms with van der Waals surface area (Å²) < 4.78 is 0. The van der Waals surface area contributed by atoms with Gasteiger partial charge >= 0.3 is 21.1 Å². The first-order chi connectivity index (χ1) is 31.8. The molecule has 0 N–H and O–H groups in total. The van der Waals surface area contributed by atoms with E-state index in [-0.39, 0.29) is 21.1 Å². The zero-order valence-corrected chi connectivity index (χ0v) is 37.3. The SMILES string of the molecule is [Pt+2].[c-]1c(C(=C(c2ccccn2)c2ccccn2)c2[c-]c(C3(c4ccccn4)c4ccccc4-c4ccccc43)ccc2)cccc1C1(c2ccccn2)c2ccccc2-c2ccccc21. The zero-order chi connectivity index (χ0) is 42.5. The second kappa shape index (κ2) is 16.5. The molecule has 0 unspecified atom stereocenters. The van der Waals surface area contributed by atoms with Gasteiger partial charge in [0, 0.05) is 24.8 Å². The van der Waals surface area contributed by atoms with E-state index >= 15 is 0 Å². The van der Waals surface area contributed by atoms with E-state index < -0.39 is 10.8 Å². The molecule has 0 fully saturated rings. The molecule has 6 aromatic carbocycles. The first-order valence-electron chi connectivity index (χ1n) is 21.6. The summed E-state index contributed by atoms with van der Waals surface area (Å²) in [5.41, 5.74) is 16.9. The monoisotopic (exact) mass is 1010 g/mol. The van der Waals surface area contributed by atoms with E-state index in [0.717, 1.165) is 56.2 Å². The minimum Gasteiger partial charge on any atom is -0.260 e. The second-order valence-electron chi connectivity index (χ2n) is 16.2. The molecule has 4 heterocycles. The van der Waals surface area contributed by atoms with Crippen molar-refractivity contribution in [1.29, 1.82) is 0 Å². The average Bonchev–Trinajstić information content (AvgIpc) is 3.86. The molecule has 0 aliphatic heterocycles. The van der Waals surface area contributed by atoms with Crippen LogP contribution in [0.15, 0.2) is 231 Å². The third kappa shape index (κ3) is 6.16. The molecule has 4 aromatic heterocycles. The van der Waals surface area contributed by atoms with Gasteiger partial charge in [0.1, 0.15) is 0 Å². The summed E-state index contributed by atoms with van der Waals surface area (Å²) >= 11 is 0. The van der Waals surface area contributed by atoms with Crippen LogP contribution >= 0.6 is 0 Å². The van der Waals surface area contributed by atoms with Crippen molar-refractivity contribution in [2.45, 2.75) is 10.8 Å². The van der Waals surface area contributed by atoms with Crippen molar-refractivity contribution < 1.29 is 21.1 Å². The van der Waals surface area contributed by atoms with Gasteiger partial charge in [0.15, 0.2) is 0 Å². The Hall–Kier alpha value is -7.65. The van der Waals surface area contributed by atoms with Crippen molar-refractivity contribution >= 4 is 11.1 Å². The van der Waals surface area contributed by atoms with Gasteiger partial charge in [0.2, 0.25) is 0 Å². The Kier molecular flexibility index (Phi) is 10.2. The average molecular weight is 1010 g/mol. The van der Waals surface area contributed by atoms with Crippen molar-refractivity contribution in [1.82, 2.24) is 19.9 Å². The molecule has 5 heteroatoms. The summed E-state index contributed by atoms with van der Waals surface area (Å²) in [7, 11) is 0. The van der Waals surface area contributed by atoms with E-state index in [1.165, 1.54) is 44.5 Å². The van der Waals surface area contributed by atoms with E-state index in [2.05, 4.69) is 182 Å². The minimum absolute atomic E-state index is 0. The fourth-order valence-corrected chi connectivity index (χ4v) is 10.5. The van der Waals surface area contributed by atoms with Crippen LogP contribution in [0, 0.1) is 12.1 Å². The molecule has 2 aliphatic carbocycles. The van der Waals surface area contributed by atoms with Crippen LogP contribution in [0.25, 0.3) is 33.4 Å². The summed E-state index contributed by atoms with van der Waals surface area (Å²) in [5.74, 6) is 0. The number of fused-ring (bicyclic) bond motifs is 6. The minimum atomic E-state index is -0.752. The summed E-state index contributed by atoms with van der Waals surface area (Å²) in [6.07, 6.45) is 7.49. The molecule has 12 rings (SSSR count). The summed E-state index contributed by atoms with van der Waals surface area (Å²) in [5, 5.41) is 0. The standard InChI is InChI=1S/C60H38N4.Pt/c1-5-27-49-45(23-1)46-24-2-6-28-50(46)59(49,55-33-11-15-37-63-55)43-21-17-19-41(39-43)57(58(53-31-9-13-35-61-53)54-32-10-14-36-62-54)42-20-18-22-44(40-42)60(56-34-12-16-38-64-56)51-29-7-3-25-47(51)48-26-4-8-30-52(48)60;/h1-38H;/q-2;+2. The van der Waals surface area contributed by atoms with Gasteiger partial charge in [0.25, 0.3) is 0 Å². The number of hydrogen-bond donors (Lipinski definition) is 0. The smallest absolute Gasteiger partial charge is 0.260 e. The first kappa shape index (κ1) is 40.1. The Balaban J connectivity index is 0.00000469. The van der Waals surface area contributed by atoms with Gasteiger partial charge in [-0.25, -0.2) is 0 Å². The largest absolute Gasteiger partial charge is 2.00 e. The molecular formula is C60H38N4Pt. The van der Waals surface area contributed by atoms with Crippen LogP contribution in [0.3, 0.4) is 0 Å². The van der Waals surface area contributed by atoms with Crippen molar-refractivity contribution in [2.24, 2.45) is 0 Å². The van der Waals surface area contributed by atoms with Crippen LogP contribution in [0.2, 0.25) is 0 Å². The number of aromatic nitrogens is 4. The molecule has 0 amide bonds. The maximum Gasteiger partial charge on any atom is 2.00 e. The fraction of sp³-hybridized carbons (Fsp3) is 0.0333. The van der Waals surface area contributed by atoms with E-state index in [9.17, 15) is 0 Å². The van der Waals surface area contributed by atoms with E-state index in [0.29, 0.717) is 0 Å². The molecule has 0 spiro atoms. The van der Waals surface area contributed by atoms with E-state index in [4.69, 9.17) is 19.9 Å². The molecule has 0 bridgehead atoms. The predicted octanol–water partition coefficient (Wildman–Crippen LogP) is 12.6. The molecule has 65 heavy (non-hydrogen) atoms. The van der Waals surface area contributed by atoms with Crippen molar-refractivity contribution in [2.75, 3.05) is 0 Å². The number of pyridine rings is 4. The molecule has 0 radical (unpaired) electrons. The molecule has 4 nitrogen and oxygen atoms in total. The topological polar surface area (TPSA) is 51.6 Å². The zero-order valence-electron chi connectivity index (χ0n) is 35.0. The third-order valence-electron chi connectivity index (χ3n) is 13.0. The normalized spacial score (nSPS) is 13.4. The Morgan fingerprint density at radius 1 is 0.308 bits per heavy atom. The molecule has 2 aliphatic rings. The molecular weight excluding hydrogens is 972 g/mol. The van der Waals surface area contributed by atoms with Gasteiger partial charge in [-0.05, 0) is 98.6 Å². The Morgan fingerprint density at radius 2 is 0.646 bits per heavy atom. The van der Waals surface area contributed by atoms with E-state index in [1.807, 2.05) is 61.2 Å². The van der Waals surface area contributed by atoms with Crippen LogP contribution in [-0.2, 0) is 31.9 Å². The second-order valence-corrected chi connectivity index (χ2v) is 16.2. The van der Waals surface area contributed by atoms with Crippen molar-refractivity contribution in [3.8, 4) is 22.3 Å². The Morgan fingerprint density at radius 3 is 0.985 bits per heavy atom. The summed E-state index contributed by atoms with van der Waals surface area (Å²) in [6, 6.07) is 80.8. The quantitative estimate of drug-likeness (QED) is 0.142. The van der Waals surface area contributed by atoms with E-state index in [1.54, 1.807) is 0 Å². The van der Waals surface area contributed by atoms with Gasteiger partial charge in [-0.15, -0.1) is 70.8 Å². The van der Waals surface area contributed by atoms with Gasteiger partial charge in [-0.1, -0.05) is 127 Å². The number of benzene rings is 6. The number of nitrogens with zero attached hydrogens (tertiary/aromatic N) is 4. The molecule has 0 saturated carbocycles. The van der Waals surface area contributed by atoms with Crippen molar-refractivity contribution in [3.05, 3.63) is 310 Å². The number of hydrogen-bond acceptors (Lipinski definition) is 4. The first-order valence-corrected chi connectivity index (χ1v) is 21.6.